The number of amides is 1. The maximum atomic E-state index is 12.1. The molecule has 100 valence electrons. The predicted octanol–water partition coefficient (Wildman–Crippen LogP) is 0.694. The summed E-state index contributed by atoms with van der Waals surface area (Å²) >= 11 is 0. The number of methoxy groups -OCH3 is 1. The van der Waals surface area contributed by atoms with Gasteiger partial charge in [-0.15, -0.1) is 0 Å². The lowest BCUT2D eigenvalue weighted by Gasteiger charge is -2.30. The lowest BCUT2D eigenvalue weighted by Crippen LogP contribution is -2.49. The molecule has 1 aromatic rings. The van der Waals surface area contributed by atoms with Crippen molar-refractivity contribution in [2.75, 3.05) is 20.2 Å². The highest BCUT2D eigenvalue weighted by Crippen LogP contribution is 2.26. The zero-order valence-corrected chi connectivity index (χ0v) is 10.9. The van der Waals surface area contributed by atoms with Crippen LogP contribution in [0.2, 0.25) is 0 Å². The Kier molecular flexibility index (Phi) is 2.98. The van der Waals surface area contributed by atoms with Gasteiger partial charge >= 0.3 is 0 Å². The summed E-state index contributed by atoms with van der Waals surface area (Å²) in [6, 6.07) is 7.44. The first-order chi connectivity index (χ1) is 9.22. The van der Waals surface area contributed by atoms with Crippen LogP contribution in [0.4, 0.5) is 0 Å². The molecule has 2 N–H and O–H groups in total. The minimum absolute atomic E-state index is 0.0768. The summed E-state index contributed by atoms with van der Waals surface area (Å²) in [6.07, 6.45) is 1.69. The average Bonchev–Trinajstić information content (AvgIpc) is 2.76. The number of hydrogen-bond acceptors (Lipinski definition) is 4. The van der Waals surface area contributed by atoms with Crippen molar-refractivity contribution in [1.29, 1.82) is 0 Å². The summed E-state index contributed by atoms with van der Waals surface area (Å²) in [4.78, 5) is 16.8. The van der Waals surface area contributed by atoms with E-state index in [1.54, 1.807) is 7.11 Å². The van der Waals surface area contributed by atoms with Gasteiger partial charge in [-0.3, -0.25) is 9.79 Å². The van der Waals surface area contributed by atoms with Crippen LogP contribution < -0.4 is 15.4 Å². The van der Waals surface area contributed by atoms with E-state index in [2.05, 4.69) is 15.6 Å². The fourth-order valence-electron chi connectivity index (χ4n) is 2.58. The van der Waals surface area contributed by atoms with Crippen LogP contribution in [0.5, 0.6) is 5.75 Å². The highest BCUT2D eigenvalue weighted by atomic mass is 16.5. The Morgan fingerprint density at radius 3 is 2.53 bits per heavy atom. The van der Waals surface area contributed by atoms with E-state index in [0.717, 1.165) is 37.2 Å². The van der Waals surface area contributed by atoms with E-state index >= 15 is 0 Å². The van der Waals surface area contributed by atoms with Gasteiger partial charge in [0.25, 0.3) is 5.91 Å². The summed E-state index contributed by atoms with van der Waals surface area (Å²) in [5.74, 6) is 0.700. The number of benzene rings is 1. The maximum absolute atomic E-state index is 12.1. The van der Waals surface area contributed by atoms with Crippen molar-refractivity contribution in [3.8, 4) is 5.75 Å². The first-order valence-corrected chi connectivity index (χ1v) is 6.50. The minimum atomic E-state index is -0.391. The molecule has 1 fully saturated rings. The van der Waals surface area contributed by atoms with Crippen LogP contribution in [-0.2, 0) is 4.79 Å². The van der Waals surface area contributed by atoms with Gasteiger partial charge in [-0.25, -0.2) is 0 Å². The van der Waals surface area contributed by atoms with Gasteiger partial charge in [0.15, 0.2) is 0 Å². The molecular weight excluding hydrogens is 242 g/mol. The second-order valence-corrected chi connectivity index (χ2v) is 4.92. The van der Waals surface area contributed by atoms with E-state index in [1.807, 2.05) is 24.3 Å². The van der Waals surface area contributed by atoms with Crippen LogP contribution in [0, 0.1) is 0 Å². The van der Waals surface area contributed by atoms with Crippen molar-refractivity contribution in [3.05, 3.63) is 29.8 Å². The fraction of sp³-hybridized carbons (Fsp3) is 0.429. The Bertz CT molecular complexity index is 516. The van der Waals surface area contributed by atoms with Gasteiger partial charge in [0.05, 0.1) is 7.11 Å². The van der Waals surface area contributed by atoms with Crippen molar-refractivity contribution in [3.63, 3.8) is 0 Å². The Morgan fingerprint density at radius 1 is 1.21 bits per heavy atom. The molecule has 0 bridgehead atoms. The minimum Gasteiger partial charge on any atom is -0.497 e. The number of nitrogens with one attached hydrogen (secondary N) is 2. The van der Waals surface area contributed by atoms with Crippen LogP contribution in [0.25, 0.3) is 0 Å². The van der Waals surface area contributed by atoms with Crippen LogP contribution in [0.3, 0.4) is 0 Å². The fourth-order valence-corrected chi connectivity index (χ4v) is 2.58. The van der Waals surface area contributed by atoms with Crippen LogP contribution in [-0.4, -0.2) is 37.5 Å². The van der Waals surface area contributed by atoms with Gasteiger partial charge in [-0.2, -0.15) is 0 Å². The topological polar surface area (TPSA) is 62.7 Å². The quantitative estimate of drug-likeness (QED) is 0.821. The van der Waals surface area contributed by atoms with E-state index < -0.39 is 5.66 Å². The molecule has 19 heavy (non-hydrogen) atoms. The molecule has 5 nitrogen and oxygen atoms in total. The molecule has 3 rings (SSSR count). The molecule has 1 saturated heterocycles. The lowest BCUT2D eigenvalue weighted by atomic mass is 10.00. The molecule has 0 unspecified atom stereocenters. The number of nitrogens with zero attached hydrogens (tertiary/aromatic N) is 1. The van der Waals surface area contributed by atoms with Gasteiger partial charge in [-0.05, 0) is 37.4 Å². The van der Waals surface area contributed by atoms with Gasteiger partial charge in [-0.1, -0.05) is 0 Å². The third-order valence-electron chi connectivity index (χ3n) is 3.68. The SMILES string of the molecule is COc1ccc(C2=NC3(CCNCC3)NC2=O)cc1. The zero-order valence-electron chi connectivity index (χ0n) is 10.9. The number of hydrogen-bond donors (Lipinski definition) is 2. The lowest BCUT2D eigenvalue weighted by molar-refractivity contribution is -0.115. The summed E-state index contributed by atoms with van der Waals surface area (Å²) in [5, 5.41) is 6.32. The molecule has 2 aliphatic heterocycles. The Morgan fingerprint density at radius 2 is 1.89 bits per heavy atom. The summed E-state index contributed by atoms with van der Waals surface area (Å²) < 4.78 is 5.12. The molecule has 0 atom stereocenters. The molecule has 0 aliphatic carbocycles. The molecule has 1 aromatic carbocycles. The van der Waals surface area contributed by atoms with Crippen LogP contribution in [0.1, 0.15) is 18.4 Å². The Labute approximate surface area is 112 Å². The average molecular weight is 259 g/mol. The van der Waals surface area contributed by atoms with E-state index in [0.29, 0.717) is 5.71 Å². The van der Waals surface area contributed by atoms with Crippen LogP contribution >= 0.6 is 0 Å². The molecule has 0 aromatic heterocycles. The number of carbonyl (C=O) groups is 1. The Hall–Kier alpha value is -1.88. The molecule has 0 radical (unpaired) electrons. The maximum Gasteiger partial charge on any atom is 0.272 e. The van der Waals surface area contributed by atoms with Gasteiger partial charge in [0, 0.05) is 18.4 Å². The number of aliphatic imine (C=N–C) groups is 1. The second-order valence-electron chi connectivity index (χ2n) is 4.92. The van der Waals surface area contributed by atoms with Crippen molar-refractivity contribution >= 4 is 11.6 Å². The first kappa shape index (κ1) is 12.2. The summed E-state index contributed by atoms with van der Waals surface area (Å²) in [7, 11) is 1.62. The van der Waals surface area contributed by atoms with Gasteiger partial charge in [0.1, 0.15) is 17.1 Å². The summed E-state index contributed by atoms with van der Waals surface area (Å²) in [5.41, 5.74) is 0.982. The molecule has 2 heterocycles. The van der Waals surface area contributed by atoms with Crippen LogP contribution in [0.15, 0.2) is 29.3 Å². The molecule has 1 spiro atoms. The van der Waals surface area contributed by atoms with E-state index in [4.69, 9.17) is 4.74 Å². The second kappa shape index (κ2) is 4.66. The van der Waals surface area contributed by atoms with E-state index in [9.17, 15) is 4.79 Å². The van der Waals surface area contributed by atoms with Crippen molar-refractivity contribution in [2.24, 2.45) is 4.99 Å². The monoisotopic (exact) mass is 259 g/mol. The highest BCUT2D eigenvalue weighted by Gasteiger charge is 2.40. The van der Waals surface area contributed by atoms with Gasteiger partial charge in [0.2, 0.25) is 0 Å². The zero-order chi connectivity index (χ0) is 13.3. The number of piperidine rings is 1. The van der Waals surface area contributed by atoms with Crippen molar-refractivity contribution in [2.45, 2.75) is 18.5 Å². The Balaban J connectivity index is 1.90. The number of carbonyl (C=O) groups excluding carboxylic acids is 1. The highest BCUT2D eigenvalue weighted by molar-refractivity contribution is 6.46. The third-order valence-corrected chi connectivity index (χ3v) is 3.68. The number of rotatable bonds is 2. The standard InChI is InChI=1S/C14H17N3O2/c1-19-11-4-2-10(3-5-11)12-13(18)17-14(16-12)6-8-15-9-7-14/h2-5,15H,6-9H2,1H3,(H,17,18). The largest absolute Gasteiger partial charge is 0.497 e. The van der Waals surface area contributed by atoms with E-state index in [1.165, 1.54) is 0 Å². The van der Waals surface area contributed by atoms with Crippen molar-refractivity contribution in [1.82, 2.24) is 10.6 Å². The van der Waals surface area contributed by atoms with E-state index in [-0.39, 0.29) is 5.91 Å². The van der Waals surface area contributed by atoms with Crippen molar-refractivity contribution < 1.29 is 9.53 Å². The third kappa shape index (κ3) is 2.21. The molecule has 2 aliphatic rings. The molecule has 5 heteroatoms. The molecule has 0 saturated carbocycles. The molecule has 1 amide bonds. The summed E-state index contributed by atoms with van der Waals surface area (Å²) in [6.45, 7) is 1.78. The first-order valence-electron chi connectivity index (χ1n) is 6.50. The normalized spacial score (nSPS) is 21.1. The smallest absolute Gasteiger partial charge is 0.272 e. The predicted molar refractivity (Wildman–Crippen MR) is 72.5 cm³/mol. The number of ether oxygens (including phenoxy) is 1. The van der Waals surface area contributed by atoms with Gasteiger partial charge < -0.3 is 15.4 Å². The molecular formula is C14H17N3O2.